The summed E-state index contributed by atoms with van der Waals surface area (Å²) in [5.41, 5.74) is 0.787. The molecule has 178 valence electrons. The van der Waals surface area contributed by atoms with Crippen LogP contribution in [0.2, 0.25) is 5.02 Å². The normalized spacial score (nSPS) is 18.2. The number of nitrogens with zero attached hydrogens (tertiary/aromatic N) is 4. The Morgan fingerprint density at radius 3 is 2.67 bits per heavy atom. The van der Waals surface area contributed by atoms with Crippen molar-refractivity contribution in [1.29, 1.82) is 0 Å². The highest BCUT2D eigenvalue weighted by molar-refractivity contribution is 6.31. The average Bonchev–Trinajstić information content (AvgIpc) is 2.76. The fraction of sp³-hybridized carbons (Fsp3) is 0.409. The van der Waals surface area contributed by atoms with Gasteiger partial charge in [0.1, 0.15) is 34.9 Å². The summed E-state index contributed by atoms with van der Waals surface area (Å²) in [4.78, 5) is 36.4. The quantitative estimate of drug-likeness (QED) is 0.588. The molecule has 0 aliphatic carbocycles. The van der Waals surface area contributed by atoms with E-state index in [9.17, 15) is 18.4 Å². The van der Waals surface area contributed by atoms with Gasteiger partial charge in [0.05, 0.1) is 19.3 Å². The smallest absolute Gasteiger partial charge is 0.273 e. The van der Waals surface area contributed by atoms with Crippen LogP contribution in [0, 0.1) is 18.6 Å². The topological polar surface area (TPSA) is 76.9 Å². The molecule has 2 aromatic rings. The maximum atomic E-state index is 13.8. The molecule has 0 aromatic carbocycles. The molecule has 1 unspecified atom stereocenters. The van der Waals surface area contributed by atoms with Gasteiger partial charge in [0.25, 0.3) is 11.5 Å². The zero-order valence-electron chi connectivity index (χ0n) is 18.9. The van der Waals surface area contributed by atoms with Crippen LogP contribution in [0.3, 0.4) is 0 Å². The lowest BCUT2D eigenvalue weighted by atomic mass is 9.94. The largest absolute Gasteiger partial charge is 0.485 e. The highest BCUT2D eigenvalue weighted by Crippen LogP contribution is 2.33. The molecule has 1 aliphatic rings. The number of aryl methyl sites for hydroxylation is 1. The lowest BCUT2D eigenvalue weighted by Crippen LogP contribution is -2.48. The summed E-state index contributed by atoms with van der Waals surface area (Å²) in [6, 6.07) is 1.30. The summed E-state index contributed by atoms with van der Waals surface area (Å²) in [7, 11) is 4.71. The predicted molar refractivity (Wildman–Crippen MR) is 118 cm³/mol. The third-order valence-corrected chi connectivity index (χ3v) is 5.99. The molecule has 0 bridgehead atoms. The number of ether oxygens (including phenoxy) is 1. The zero-order chi connectivity index (χ0) is 24.4. The van der Waals surface area contributed by atoms with E-state index in [1.54, 1.807) is 24.9 Å². The number of likely N-dealkylation sites (N-methyl/N-ethyl adjacent to an activating group) is 2. The highest BCUT2D eigenvalue weighted by atomic mass is 35.5. The predicted octanol–water partition coefficient (Wildman–Crippen LogP) is 3.23. The van der Waals surface area contributed by atoms with Gasteiger partial charge in [0.15, 0.2) is 5.82 Å². The Bertz CT molecular complexity index is 1150. The third kappa shape index (κ3) is 5.01. The van der Waals surface area contributed by atoms with Crippen LogP contribution in [-0.4, -0.2) is 52.7 Å². The monoisotopic (exact) mass is 482 g/mol. The molecule has 2 atom stereocenters. The maximum absolute atomic E-state index is 13.8. The van der Waals surface area contributed by atoms with E-state index in [-0.39, 0.29) is 29.0 Å². The first kappa shape index (κ1) is 24.7. The number of amides is 1. The van der Waals surface area contributed by atoms with E-state index in [4.69, 9.17) is 21.2 Å². The van der Waals surface area contributed by atoms with Crippen LogP contribution in [0.4, 0.5) is 8.78 Å². The van der Waals surface area contributed by atoms with Crippen molar-refractivity contribution >= 4 is 17.5 Å². The molecule has 1 aliphatic heterocycles. The van der Waals surface area contributed by atoms with Crippen LogP contribution in [0.1, 0.15) is 30.8 Å². The molecule has 33 heavy (non-hydrogen) atoms. The van der Waals surface area contributed by atoms with Crippen LogP contribution >= 0.6 is 11.6 Å². The van der Waals surface area contributed by atoms with Crippen molar-refractivity contribution in [3.63, 3.8) is 0 Å². The van der Waals surface area contributed by atoms with Crippen molar-refractivity contribution in [3.8, 4) is 5.75 Å². The van der Waals surface area contributed by atoms with Crippen LogP contribution in [0.25, 0.3) is 0 Å². The Hall–Kier alpha value is -2.98. The minimum absolute atomic E-state index is 0.0576. The van der Waals surface area contributed by atoms with Crippen LogP contribution in [-0.2, 0) is 16.2 Å². The van der Waals surface area contributed by atoms with Crippen molar-refractivity contribution in [1.82, 2.24) is 19.5 Å². The van der Waals surface area contributed by atoms with Gasteiger partial charge in [-0.1, -0.05) is 11.6 Å². The zero-order valence-corrected chi connectivity index (χ0v) is 19.7. The Morgan fingerprint density at radius 2 is 2.03 bits per heavy atom. The number of rotatable bonds is 6. The second kappa shape index (κ2) is 9.88. The Labute approximate surface area is 194 Å². The lowest BCUT2D eigenvalue weighted by molar-refractivity contribution is -0.174. The summed E-state index contributed by atoms with van der Waals surface area (Å²) >= 11 is 6.31. The van der Waals surface area contributed by atoms with Gasteiger partial charge < -0.3 is 14.2 Å². The third-order valence-electron chi connectivity index (χ3n) is 5.64. The summed E-state index contributed by atoms with van der Waals surface area (Å²) < 4.78 is 33.9. The molecule has 0 N–H and O–H groups in total. The second-order valence-corrected chi connectivity index (χ2v) is 8.21. The number of pyridine rings is 2. The number of hydrogen-bond donors (Lipinski definition) is 0. The van der Waals surface area contributed by atoms with Gasteiger partial charge in [-0.05, 0) is 19.4 Å². The van der Waals surface area contributed by atoms with Crippen LogP contribution in [0.15, 0.2) is 34.9 Å². The van der Waals surface area contributed by atoms with E-state index in [1.807, 2.05) is 13.1 Å². The molecular weight excluding hydrogens is 458 g/mol. The molecule has 0 saturated heterocycles. The molecule has 8 nitrogen and oxygen atoms in total. The summed E-state index contributed by atoms with van der Waals surface area (Å²) in [5, 5.41) is 0.959. The van der Waals surface area contributed by atoms with Crippen molar-refractivity contribution in [2.45, 2.75) is 39.0 Å². The molecule has 11 heteroatoms. The average molecular weight is 483 g/mol. The molecule has 3 heterocycles. The van der Waals surface area contributed by atoms with E-state index < -0.39 is 29.3 Å². The lowest BCUT2D eigenvalue weighted by Gasteiger charge is -2.38. The minimum atomic E-state index is -0.861. The highest BCUT2D eigenvalue weighted by Gasteiger charge is 2.34. The first-order chi connectivity index (χ1) is 15.5. The SMILES string of the molecule is CON(C)C(=O)[C@H]1CC(n2c(C)cc(OCc3ncc(F)cc3F)c(Cl)c2=O)C(C)=CN1C. The molecule has 0 spiro atoms. The second-order valence-electron chi connectivity index (χ2n) is 7.83. The Kier molecular flexibility index (Phi) is 7.38. The van der Waals surface area contributed by atoms with Crippen LogP contribution in [0.5, 0.6) is 5.75 Å². The summed E-state index contributed by atoms with van der Waals surface area (Å²) in [6.45, 7) is 3.25. The number of aromatic nitrogens is 2. The van der Waals surface area contributed by atoms with Crippen molar-refractivity contribution < 1.29 is 23.1 Å². The first-order valence-corrected chi connectivity index (χ1v) is 10.5. The van der Waals surface area contributed by atoms with Gasteiger partial charge in [-0.15, -0.1) is 0 Å². The molecule has 0 fully saturated rings. The van der Waals surface area contributed by atoms with Crippen molar-refractivity contribution in [2.24, 2.45) is 0 Å². The first-order valence-electron chi connectivity index (χ1n) is 10.1. The van der Waals surface area contributed by atoms with Crippen LogP contribution < -0.4 is 10.3 Å². The Balaban J connectivity index is 1.91. The molecular formula is C22H25ClF2N4O4. The van der Waals surface area contributed by atoms with E-state index in [0.717, 1.165) is 16.8 Å². The number of hydroxylamine groups is 2. The van der Waals surface area contributed by atoms with Gasteiger partial charge >= 0.3 is 0 Å². The molecule has 3 rings (SSSR count). The fourth-order valence-electron chi connectivity index (χ4n) is 3.83. The summed E-state index contributed by atoms with van der Waals surface area (Å²) in [6.07, 6.45) is 3.02. The number of carbonyl (C=O) groups excluding carboxylic acids is 1. The molecule has 0 radical (unpaired) electrons. The molecule has 0 saturated carbocycles. The molecule has 1 amide bonds. The van der Waals surface area contributed by atoms with E-state index >= 15 is 0 Å². The van der Waals surface area contributed by atoms with Gasteiger partial charge in [-0.3, -0.25) is 19.4 Å². The van der Waals surface area contributed by atoms with Gasteiger partial charge in [0.2, 0.25) is 0 Å². The number of hydrogen-bond acceptors (Lipinski definition) is 6. The van der Waals surface area contributed by atoms with E-state index in [1.165, 1.54) is 18.7 Å². The maximum Gasteiger partial charge on any atom is 0.273 e. The van der Waals surface area contributed by atoms with E-state index in [2.05, 4.69) is 4.98 Å². The van der Waals surface area contributed by atoms with Crippen molar-refractivity contribution in [2.75, 3.05) is 21.2 Å². The standard InChI is InChI=1S/C22H25ClF2N4O4/c1-12-10-27(3)18(21(30)28(4)32-5)8-17(12)29-13(2)6-19(20(23)22(29)31)33-11-16-15(25)7-14(24)9-26-16/h6-7,9-10,17-18H,8,11H2,1-5H3/t17?,18-/m1/s1. The van der Waals surface area contributed by atoms with Gasteiger partial charge in [0, 0.05) is 44.5 Å². The summed E-state index contributed by atoms with van der Waals surface area (Å²) in [5.74, 6) is -1.86. The fourth-order valence-corrected chi connectivity index (χ4v) is 4.03. The Morgan fingerprint density at radius 1 is 1.33 bits per heavy atom. The van der Waals surface area contributed by atoms with Crippen molar-refractivity contribution in [3.05, 3.63) is 68.5 Å². The number of carbonyl (C=O) groups is 1. The number of allylic oxidation sites excluding steroid dienone is 1. The van der Waals surface area contributed by atoms with Gasteiger partial charge in [-0.2, -0.15) is 0 Å². The molecule has 2 aromatic heterocycles. The van der Waals surface area contributed by atoms with Gasteiger partial charge in [-0.25, -0.2) is 13.8 Å². The van der Waals surface area contributed by atoms with E-state index in [0.29, 0.717) is 18.2 Å². The number of halogens is 3. The minimum Gasteiger partial charge on any atom is -0.485 e.